The van der Waals surface area contributed by atoms with Gasteiger partial charge in [0, 0.05) is 24.9 Å². The van der Waals surface area contributed by atoms with Crippen molar-refractivity contribution in [3.05, 3.63) is 28.8 Å². The van der Waals surface area contributed by atoms with E-state index in [9.17, 15) is 0 Å². The van der Waals surface area contributed by atoms with Gasteiger partial charge in [-0.1, -0.05) is 11.6 Å². The highest BCUT2D eigenvalue weighted by atomic mass is 35.5. The molecule has 0 amide bonds. The summed E-state index contributed by atoms with van der Waals surface area (Å²) in [5, 5.41) is 12.8. The van der Waals surface area contributed by atoms with Crippen LogP contribution in [0.25, 0.3) is 0 Å². The lowest BCUT2D eigenvalue weighted by Gasteiger charge is -2.17. The number of halogens is 1. The van der Waals surface area contributed by atoms with Gasteiger partial charge < -0.3 is 10.1 Å². The molecular formula is C13H15ClN2O. The van der Waals surface area contributed by atoms with Gasteiger partial charge in [0.2, 0.25) is 0 Å². The topological polar surface area (TPSA) is 45.0 Å². The molecule has 1 unspecified atom stereocenters. The lowest BCUT2D eigenvalue weighted by atomic mass is 10.1. The third-order valence-electron chi connectivity index (χ3n) is 2.91. The van der Waals surface area contributed by atoms with Gasteiger partial charge in [-0.15, -0.1) is 0 Å². The van der Waals surface area contributed by atoms with Crippen molar-refractivity contribution < 1.29 is 4.74 Å². The van der Waals surface area contributed by atoms with Gasteiger partial charge in [0.15, 0.2) is 0 Å². The molecule has 1 aliphatic rings. The Hall–Kier alpha value is -1.24. The molecule has 4 heteroatoms. The van der Waals surface area contributed by atoms with Crippen LogP contribution >= 0.6 is 11.6 Å². The van der Waals surface area contributed by atoms with Gasteiger partial charge in [0.25, 0.3) is 0 Å². The first-order valence-electron chi connectivity index (χ1n) is 5.83. The van der Waals surface area contributed by atoms with Crippen LogP contribution in [0.5, 0.6) is 0 Å². The molecule has 90 valence electrons. The standard InChI is InChI=1S/C13H15ClN2O/c14-13-4-3-12(8-10(13)9-15)16-11-2-1-6-17-7-5-11/h3-4,8,11,16H,1-2,5-7H2. The summed E-state index contributed by atoms with van der Waals surface area (Å²) >= 11 is 5.89. The average Bonchev–Trinajstić information content (AvgIpc) is 2.60. The van der Waals surface area contributed by atoms with E-state index in [1.165, 1.54) is 0 Å². The molecule has 0 saturated carbocycles. The van der Waals surface area contributed by atoms with Crippen molar-refractivity contribution >= 4 is 17.3 Å². The lowest BCUT2D eigenvalue weighted by Crippen LogP contribution is -2.19. The minimum Gasteiger partial charge on any atom is -0.382 e. The quantitative estimate of drug-likeness (QED) is 0.877. The molecule has 0 aliphatic carbocycles. The van der Waals surface area contributed by atoms with Gasteiger partial charge in [0.05, 0.1) is 10.6 Å². The van der Waals surface area contributed by atoms with Gasteiger partial charge in [0.1, 0.15) is 6.07 Å². The van der Waals surface area contributed by atoms with E-state index in [0.717, 1.165) is 38.2 Å². The smallest absolute Gasteiger partial charge is 0.101 e. The molecule has 17 heavy (non-hydrogen) atoms. The zero-order chi connectivity index (χ0) is 12.1. The van der Waals surface area contributed by atoms with Crippen molar-refractivity contribution in [2.45, 2.75) is 25.3 Å². The maximum absolute atomic E-state index is 8.91. The Balaban J connectivity index is 2.05. The summed E-state index contributed by atoms with van der Waals surface area (Å²) < 4.78 is 5.41. The fourth-order valence-corrected chi connectivity index (χ4v) is 2.14. The fourth-order valence-electron chi connectivity index (χ4n) is 1.98. The third-order valence-corrected chi connectivity index (χ3v) is 3.24. The van der Waals surface area contributed by atoms with Crippen molar-refractivity contribution in [2.75, 3.05) is 18.5 Å². The molecule has 1 aromatic carbocycles. The first-order valence-corrected chi connectivity index (χ1v) is 6.21. The van der Waals surface area contributed by atoms with Crippen LogP contribution in [-0.2, 0) is 4.74 Å². The highest BCUT2D eigenvalue weighted by molar-refractivity contribution is 6.31. The number of benzene rings is 1. The van der Waals surface area contributed by atoms with E-state index in [0.29, 0.717) is 16.6 Å². The SMILES string of the molecule is N#Cc1cc(NC2CCCOCC2)ccc1Cl. The van der Waals surface area contributed by atoms with Crippen LogP contribution in [0.15, 0.2) is 18.2 Å². The number of anilines is 1. The number of nitrogens with one attached hydrogen (secondary N) is 1. The van der Waals surface area contributed by atoms with Crippen LogP contribution in [-0.4, -0.2) is 19.3 Å². The molecule has 1 saturated heterocycles. The van der Waals surface area contributed by atoms with Crippen LogP contribution in [0.4, 0.5) is 5.69 Å². The molecule has 0 aromatic heterocycles. The summed E-state index contributed by atoms with van der Waals surface area (Å²) in [4.78, 5) is 0. The Labute approximate surface area is 106 Å². The number of nitrogens with zero attached hydrogens (tertiary/aromatic N) is 1. The Morgan fingerprint density at radius 1 is 1.35 bits per heavy atom. The summed E-state index contributed by atoms with van der Waals surface area (Å²) in [5.41, 5.74) is 1.47. The van der Waals surface area contributed by atoms with Crippen LogP contribution in [0.1, 0.15) is 24.8 Å². The molecule has 0 spiro atoms. The van der Waals surface area contributed by atoms with Crippen LogP contribution in [0.3, 0.4) is 0 Å². The van der Waals surface area contributed by atoms with Gasteiger partial charge >= 0.3 is 0 Å². The summed E-state index contributed by atoms with van der Waals surface area (Å²) in [6, 6.07) is 7.98. The molecule has 1 N–H and O–H groups in total. The molecule has 1 aromatic rings. The summed E-state index contributed by atoms with van der Waals surface area (Å²) in [6.07, 6.45) is 3.19. The average molecular weight is 251 g/mol. The fraction of sp³-hybridized carbons (Fsp3) is 0.462. The first-order chi connectivity index (χ1) is 8.29. The van der Waals surface area contributed by atoms with Gasteiger partial charge in [-0.25, -0.2) is 0 Å². The van der Waals surface area contributed by atoms with E-state index in [4.69, 9.17) is 21.6 Å². The maximum atomic E-state index is 8.91. The minimum atomic E-state index is 0.421. The van der Waals surface area contributed by atoms with Crippen molar-refractivity contribution in [3.63, 3.8) is 0 Å². The minimum absolute atomic E-state index is 0.421. The van der Waals surface area contributed by atoms with Gasteiger partial charge in [-0.2, -0.15) is 5.26 Å². The van der Waals surface area contributed by atoms with Crippen molar-refractivity contribution in [1.29, 1.82) is 5.26 Å². The molecule has 2 rings (SSSR count). The highest BCUT2D eigenvalue weighted by Crippen LogP contribution is 2.22. The summed E-state index contributed by atoms with van der Waals surface area (Å²) in [5.74, 6) is 0. The monoisotopic (exact) mass is 250 g/mol. The molecule has 1 heterocycles. The number of rotatable bonds is 2. The zero-order valence-corrected chi connectivity index (χ0v) is 10.3. The third kappa shape index (κ3) is 3.36. The van der Waals surface area contributed by atoms with Crippen LogP contribution < -0.4 is 5.32 Å². The number of hydrogen-bond acceptors (Lipinski definition) is 3. The second-order valence-electron chi connectivity index (χ2n) is 4.19. The zero-order valence-electron chi connectivity index (χ0n) is 9.58. The highest BCUT2D eigenvalue weighted by Gasteiger charge is 2.12. The molecule has 1 fully saturated rings. The van der Waals surface area contributed by atoms with Gasteiger partial charge in [-0.05, 0) is 37.5 Å². The van der Waals surface area contributed by atoms with E-state index in [2.05, 4.69) is 11.4 Å². The van der Waals surface area contributed by atoms with Crippen LogP contribution in [0, 0.1) is 11.3 Å². The number of nitriles is 1. The second kappa shape index (κ2) is 5.90. The molecule has 0 bridgehead atoms. The first kappa shape index (κ1) is 12.2. The predicted octanol–water partition coefficient (Wildman–Crippen LogP) is 3.19. The van der Waals surface area contributed by atoms with Crippen LogP contribution in [0.2, 0.25) is 5.02 Å². The van der Waals surface area contributed by atoms with Crippen molar-refractivity contribution in [3.8, 4) is 6.07 Å². The molecular weight excluding hydrogens is 236 g/mol. The Bertz CT molecular complexity index is 420. The van der Waals surface area contributed by atoms with E-state index < -0.39 is 0 Å². The molecule has 1 aliphatic heterocycles. The number of hydrogen-bond donors (Lipinski definition) is 1. The van der Waals surface area contributed by atoms with E-state index in [1.54, 1.807) is 12.1 Å². The lowest BCUT2D eigenvalue weighted by molar-refractivity contribution is 0.144. The Morgan fingerprint density at radius 2 is 2.24 bits per heavy atom. The maximum Gasteiger partial charge on any atom is 0.101 e. The predicted molar refractivity (Wildman–Crippen MR) is 68.2 cm³/mol. The number of ether oxygens (including phenoxy) is 1. The second-order valence-corrected chi connectivity index (χ2v) is 4.60. The van der Waals surface area contributed by atoms with Crippen molar-refractivity contribution in [1.82, 2.24) is 0 Å². The molecule has 0 radical (unpaired) electrons. The van der Waals surface area contributed by atoms with E-state index in [1.807, 2.05) is 6.07 Å². The molecule has 1 atom stereocenters. The van der Waals surface area contributed by atoms with E-state index in [-0.39, 0.29) is 0 Å². The van der Waals surface area contributed by atoms with Gasteiger partial charge in [-0.3, -0.25) is 0 Å². The largest absolute Gasteiger partial charge is 0.382 e. The van der Waals surface area contributed by atoms with E-state index >= 15 is 0 Å². The normalized spacial score (nSPS) is 20.4. The Morgan fingerprint density at radius 3 is 3.06 bits per heavy atom. The molecule has 3 nitrogen and oxygen atoms in total. The summed E-state index contributed by atoms with van der Waals surface area (Å²) in [7, 11) is 0. The Kier molecular flexibility index (Phi) is 4.24. The summed E-state index contributed by atoms with van der Waals surface area (Å²) in [6.45, 7) is 1.65. The van der Waals surface area contributed by atoms with Crippen molar-refractivity contribution in [2.24, 2.45) is 0 Å².